The molecule has 35 heavy (non-hydrogen) atoms. The number of nitrogens with zero attached hydrogens (tertiary/aromatic N) is 2. The van der Waals surface area contributed by atoms with Crippen molar-refractivity contribution in [1.82, 2.24) is 14.5 Å². The second-order valence-corrected chi connectivity index (χ2v) is 11.2. The van der Waals surface area contributed by atoms with Gasteiger partial charge in [-0.1, -0.05) is 51.7 Å². The molecule has 0 aliphatic carbocycles. The van der Waals surface area contributed by atoms with Crippen LogP contribution in [-0.4, -0.2) is 64.1 Å². The van der Waals surface area contributed by atoms with E-state index < -0.39 is 34.5 Å². The Bertz CT molecular complexity index is 1210. The zero-order valence-corrected chi connectivity index (χ0v) is 22.8. The van der Waals surface area contributed by atoms with Gasteiger partial charge in [-0.3, -0.25) is 9.59 Å². The quantitative estimate of drug-likeness (QED) is 0.538. The van der Waals surface area contributed by atoms with Crippen LogP contribution in [0.5, 0.6) is 0 Å². The number of amides is 2. The maximum absolute atomic E-state index is 15.5. The van der Waals surface area contributed by atoms with Crippen molar-refractivity contribution in [2.24, 2.45) is 0 Å². The Balaban J connectivity index is 1.70. The van der Waals surface area contributed by atoms with Crippen molar-refractivity contribution >= 4 is 50.3 Å². The highest BCUT2D eigenvalue weighted by Crippen LogP contribution is 2.36. The highest BCUT2D eigenvalue weighted by Gasteiger charge is 2.43. The second-order valence-electron chi connectivity index (χ2n) is 8.43. The minimum Gasteiger partial charge on any atom is -0.340 e. The smallest absolute Gasteiger partial charge is 0.298 e. The molecular formula is C25H26BrClFN3O3S. The molecule has 0 aromatic heterocycles. The molecule has 0 spiro atoms. The third-order valence-electron chi connectivity index (χ3n) is 5.60. The Labute approximate surface area is 220 Å². The Hall–Kier alpha value is -2.25. The third-order valence-corrected chi connectivity index (χ3v) is 7.99. The van der Waals surface area contributed by atoms with E-state index >= 15 is 4.39 Å². The molecular weight excluding hydrogens is 557 g/mol. The molecule has 0 bridgehead atoms. The summed E-state index contributed by atoms with van der Waals surface area (Å²) in [5.41, 5.74) is -0.635. The fraction of sp³-hybridized carbons (Fsp3) is 0.360. The number of nitrogens with one attached hydrogen (secondary N) is 1. The lowest BCUT2D eigenvalue weighted by atomic mass is 9.93. The average Bonchev–Trinajstić information content (AvgIpc) is 2.82. The molecule has 3 rings (SSSR count). The van der Waals surface area contributed by atoms with Gasteiger partial charge in [0.25, 0.3) is 11.8 Å². The highest BCUT2D eigenvalue weighted by atomic mass is 79.9. The monoisotopic (exact) mass is 581 g/mol. The second kappa shape index (κ2) is 11.7. The van der Waals surface area contributed by atoms with Gasteiger partial charge in [-0.05, 0) is 37.1 Å². The molecule has 6 nitrogen and oxygen atoms in total. The van der Waals surface area contributed by atoms with Gasteiger partial charge in [0.1, 0.15) is 11.0 Å². The number of hydrogen-bond acceptors (Lipinski definition) is 3. The fourth-order valence-electron chi connectivity index (χ4n) is 3.56. The van der Waals surface area contributed by atoms with Gasteiger partial charge in [-0.2, -0.15) is 0 Å². The summed E-state index contributed by atoms with van der Waals surface area (Å²) in [5.74, 6) is 3.85. The third kappa shape index (κ3) is 6.70. The van der Waals surface area contributed by atoms with Crippen LogP contribution in [-0.2, 0) is 20.6 Å². The van der Waals surface area contributed by atoms with Gasteiger partial charge < -0.3 is 10.2 Å². The number of halogens is 3. The molecule has 1 saturated heterocycles. The van der Waals surface area contributed by atoms with Crippen LogP contribution in [0.25, 0.3) is 11.1 Å². The molecule has 1 fully saturated rings. The summed E-state index contributed by atoms with van der Waals surface area (Å²) in [7, 11) is 1.56. The molecule has 1 heterocycles. The van der Waals surface area contributed by atoms with Crippen LogP contribution in [0, 0.1) is 11.8 Å². The van der Waals surface area contributed by atoms with E-state index in [1.54, 1.807) is 43.5 Å². The molecule has 10 heteroatoms. The summed E-state index contributed by atoms with van der Waals surface area (Å²) in [6.45, 7) is 1.85. The van der Waals surface area contributed by atoms with E-state index in [1.165, 1.54) is 4.90 Å². The molecule has 1 aliphatic rings. The molecule has 186 valence electrons. The topological polar surface area (TPSA) is 69.7 Å². The van der Waals surface area contributed by atoms with E-state index in [-0.39, 0.29) is 25.9 Å². The van der Waals surface area contributed by atoms with E-state index in [4.69, 9.17) is 11.6 Å². The minimum absolute atomic E-state index is 0.112. The van der Waals surface area contributed by atoms with Crippen molar-refractivity contribution in [3.63, 3.8) is 0 Å². The zero-order chi connectivity index (χ0) is 25.8. The lowest BCUT2D eigenvalue weighted by Gasteiger charge is -2.35. The van der Waals surface area contributed by atoms with Gasteiger partial charge in [-0.25, -0.2) is 12.9 Å². The van der Waals surface area contributed by atoms with Gasteiger partial charge in [-0.15, -0.1) is 0 Å². The van der Waals surface area contributed by atoms with E-state index in [0.29, 0.717) is 9.92 Å². The van der Waals surface area contributed by atoms with Gasteiger partial charge >= 0.3 is 0 Å². The first-order valence-corrected chi connectivity index (χ1v) is 13.2. The maximum Gasteiger partial charge on any atom is 0.298 e. The number of rotatable bonds is 5. The minimum atomic E-state index is -2.10. The summed E-state index contributed by atoms with van der Waals surface area (Å²) in [4.78, 5) is 26.1. The maximum atomic E-state index is 15.5. The largest absolute Gasteiger partial charge is 0.340 e. The standard InChI is InChI=1S/C25H26BrClFN3O3S/c1-17(8-11-23(32)30(2)3)29-24(33)25(28)12-14-31(15-13-25)35(34)22-10-9-18(26)16-20(22)19-6-4-5-7-21(19)27/h4-7,9-10,16-17H,12-15H2,1-3H3,(H,29,33)/t17-,35?/m1/s1. The number of benzene rings is 2. The van der Waals surface area contributed by atoms with Crippen LogP contribution < -0.4 is 5.32 Å². The number of alkyl halides is 1. The van der Waals surface area contributed by atoms with Crippen LogP contribution in [0.3, 0.4) is 0 Å². The lowest BCUT2D eigenvalue weighted by Crippen LogP contribution is -2.52. The normalized spacial score (nSPS) is 17.0. The van der Waals surface area contributed by atoms with Crippen LogP contribution >= 0.6 is 27.5 Å². The Morgan fingerprint density at radius 1 is 1.20 bits per heavy atom. The molecule has 1 N–H and O–H groups in total. The number of hydrogen-bond donors (Lipinski definition) is 1. The first-order valence-electron chi connectivity index (χ1n) is 11.0. The Morgan fingerprint density at radius 2 is 1.86 bits per heavy atom. The molecule has 2 aromatic carbocycles. The predicted molar refractivity (Wildman–Crippen MR) is 140 cm³/mol. The van der Waals surface area contributed by atoms with Crippen LogP contribution in [0.2, 0.25) is 5.02 Å². The molecule has 2 amide bonds. The summed E-state index contributed by atoms with van der Waals surface area (Å²) in [5, 5.41) is 3.06. The summed E-state index contributed by atoms with van der Waals surface area (Å²) < 4.78 is 31.4. The first kappa shape index (κ1) is 27.3. The molecule has 2 atom stereocenters. The van der Waals surface area contributed by atoms with Crippen molar-refractivity contribution in [2.45, 2.75) is 36.4 Å². The zero-order valence-electron chi connectivity index (χ0n) is 19.6. The number of carbonyl (C=O) groups is 2. The number of carbonyl (C=O) groups excluding carboxylic acids is 2. The molecule has 1 aliphatic heterocycles. The van der Waals surface area contributed by atoms with Gasteiger partial charge in [0.05, 0.1) is 10.9 Å². The van der Waals surface area contributed by atoms with Crippen LogP contribution in [0.1, 0.15) is 19.8 Å². The van der Waals surface area contributed by atoms with Crippen molar-refractivity contribution in [1.29, 1.82) is 0 Å². The highest BCUT2D eigenvalue weighted by molar-refractivity contribution is 9.10. The summed E-state index contributed by atoms with van der Waals surface area (Å²) in [6, 6.07) is 12.0. The Morgan fingerprint density at radius 3 is 2.49 bits per heavy atom. The SMILES string of the molecule is C[C@H](C#CC(=O)N(C)C)NC(=O)C1(F)CCN(S(=O)c2ccc(Br)cc2-c2ccccc2Cl)CC1. The van der Waals surface area contributed by atoms with Gasteiger partial charge in [0.2, 0.25) is 0 Å². The molecule has 0 saturated carbocycles. The van der Waals surface area contributed by atoms with E-state index in [1.807, 2.05) is 24.3 Å². The van der Waals surface area contributed by atoms with Crippen molar-refractivity contribution in [3.05, 3.63) is 52.0 Å². The average molecular weight is 583 g/mol. The van der Waals surface area contributed by atoms with Crippen molar-refractivity contribution in [3.8, 4) is 23.0 Å². The fourth-order valence-corrected chi connectivity index (χ4v) is 5.49. The lowest BCUT2D eigenvalue weighted by molar-refractivity contribution is -0.135. The summed E-state index contributed by atoms with van der Waals surface area (Å²) >= 11 is 9.85. The van der Waals surface area contributed by atoms with E-state index in [0.717, 1.165) is 15.6 Å². The summed E-state index contributed by atoms with van der Waals surface area (Å²) in [6.07, 6.45) is -0.224. The molecule has 1 unspecified atom stereocenters. The van der Waals surface area contributed by atoms with Gasteiger partial charge in [0.15, 0.2) is 5.67 Å². The van der Waals surface area contributed by atoms with Crippen molar-refractivity contribution < 1.29 is 18.2 Å². The van der Waals surface area contributed by atoms with Crippen LogP contribution in [0.4, 0.5) is 4.39 Å². The van der Waals surface area contributed by atoms with Crippen LogP contribution in [0.15, 0.2) is 51.8 Å². The first-order chi connectivity index (χ1) is 16.5. The predicted octanol–water partition coefficient (Wildman–Crippen LogP) is 4.19. The van der Waals surface area contributed by atoms with E-state index in [2.05, 4.69) is 33.1 Å². The van der Waals surface area contributed by atoms with Gasteiger partial charge in [0, 0.05) is 60.6 Å². The molecule has 0 radical (unpaired) electrons. The van der Waals surface area contributed by atoms with Crippen molar-refractivity contribution in [2.75, 3.05) is 27.2 Å². The van der Waals surface area contributed by atoms with E-state index in [9.17, 15) is 13.8 Å². The molecule has 2 aromatic rings. The number of piperidine rings is 1. The Kier molecular flexibility index (Phi) is 9.11.